The lowest BCUT2D eigenvalue weighted by atomic mass is 10.1. The van der Waals surface area contributed by atoms with Gasteiger partial charge in [0.15, 0.2) is 4.77 Å². The number of hydrogen-bond acceptors (Lipinski definition) is 3. The Labute approximate surface area is 105 Å². The van der Waals surface area contributed by atoms with Crippen molar-refractivity contribution in [1.82, 2.24) is 9.97 Å². The molecule has 0 aliphatic heterocycles. The highest BCUT2D eigenvalue weighted by Crippen LogP contribution is 2.29. The van der Waals surface area contributed by atoms with Crippen molar-refractivity contribution in [3.05, 3.63) is 28.7 Å². The van der Waals surface area contributed by atoms with Crippen molar-refractivity contribution in [2.24, 2.45) is 0 Å². The van der Waals surface area contributed by atoms with Crippen LogP contribution in [0.3, 0.4) is 0 Å². The second-order valence-corrected chi connectivity index (χ2v) is 4.09. The minimum atomic E-state index is 0.610. The number of benzene rings is 1. The molecule has 0 unspecified atom stereocenters. The Morgan fingerprint density at radius 3 is 2.00 bits per heavy atom. The summed E-state index contributed by atoms with van der Waals surface area (Å²) in [6, 6.07) is 5.70. The van der Waals surface area contributed by atoms with Crippen LogP contribution in [0.15, 0.2) is 18.2 Å². The van der Waals surface area contributed by atoms with E-state index < -0.39 is 0 Å². The first-order valence-electron chi connectivity index (χ1n) is 5.16. The van der Waals surface area contributed by atoms with Crippen molar-refractivity contribution < 1.29 is 9.47 Å². The fourth-order valence-electron chi connectivity index (χ4n) is 1.71. The number of aryl methyl sites for hydroxylation is 1. The quantitative estimate of drug-likeness (QED) is 0.823. The summed E-state index contributed by atoms with van der Waals surface area (Å²) in [5, 5.41) is 0. The maximum Gasteiger partial charge on any atom is 0.175 e. The van der Waals surface area contributed by atoms with Gasteiger partial charge in [-0.15, -0.1) is 0 Å². The third-order valence-corrected chi connectivity index (χ3v) is 2.76. The molecule has 90 valence electrons. The monoisotopic (exact) mass is 250 g/mol. The Bertz CT molecular complexity index is 564. The number of rotatable bonds is 3. The Balaban J connectivity index is 2.58. The van der Waals surface area contributed by atoms with Crippen molar-refractivity contribution >= 4 is 12.2 Å². The van der Waals surface area contributed by atoms with Gasteiger partial charge in [0.1, 0.15) is 11.5 Å². The van der Waals surface area contributed by atoms with Crippen molar-refractivity contribution in [1.29, 1.82) is 0 Å². The molecule has 0 radical (unpaired) electrons. The van der Waals surface area contributed by atoms with E-state index in [0.29, 0.717) is 4.77 Å². The van der Waals surface area contributed by atoms with E-state index in [1.54, 1.807) is 14.2 Å². The SMILES string of the molecule is COc1cc(OC)cc(-c2[nH]c(=S)[nH]c2C)c1. The highest BCUT2D eigenvalue weighted by Gasteiger charge is 2.08. The highest BCUT2D eigenvalue weighted by molar-refractivity contribution is 7.71. The first-order chi connectivity index (χ1) is 8.13. The molecule has 2 aromatic rings. The van der Waals surface area contributed by atoms with Gasteiger partial charge in [-0.2, -0.15) is 0 Å². The zero-order valence-corrected chi connectivity index (χ0v) is 10.8. The molecule has 17 heavy (non-hydrogen) atoms. The summed E-state index contributed by atoms with van der Waals surface area (Å²) in [6.45, 7) is 1.97. The van der Waals surface area contributed by atoms with Gasteiger partial charge < -0.3 is 19.4 Å². The second-order valence-electron chi connectivity index (χ2n) is 3.68. The van der Waals surface area contributed by atoms with Gasteiger partial charge in [-0.25, -0.2) is 0 Å². The zero-order valence-electron chi connectivity index (χ0n) is 9.96. The minimum absolute atomic E-state index is 0.610. The van der Waals surface area contributed by atoms with E-state index in [0.717, 1.165) is 28.5 Å². The number of ether oxygens (including phenoxy) is 2. The predicted molar refractivity (Wildman–Crippen MR) is 69.3 cm³/mol. The fraction of sp³-hybridized carbons (Fsp3) is 0.250. The average molecular weight is 250 g/mol. The minimum Gasteiger partial charge on any atom is -0.497 e. The summed E-state index contributed by atoms with van der Waals surface area (Å²) in [6.07, 6.45) is 0. The van der Waals surface area contributed by atoms with E-state index >= 15 is 0 Å². The van der Waals surface area contributed by atoms with Gasteiger partial charge in [0.2, 0.25) is 0 Å². The molecule has 1 heterocycles. The van der Waals surface area contributed by atoms with Crippen LogP contribution in [0.2, 0.25) is 0 Å². The molecule has 0 fully saturated rings. The molecule has 5 heteroatoms. The number of nitrogens with one attached hydrogen (secondary N) is 2. The first-order valence-corrected chi connectivity index (χ1v) is 5.57. The molecule has 2 N–H and O–H groups in total. The number of aromatic amines is 2. The largest absolute Gasteiger partial charge is 0.497 e. The molecule has 4 nitrogen and oxygen atoms in total. The third kappa shape index (κ3) is 2.34. The summed E-state index contributed by atoms with van der Waals surface area (Å²) in [4.78, 5) is 6.17. The second kappa shape index (κ2) is 4.63. The van der Waals surface area contributed by atoms with E-state index in [9.17, 15) is 0 Å². The Morgan fingerprint density at radius 1 is 1.00 bits per heavy atom. The number of hydrogen-bond donors (Lipinski definition) is 2. The molecule has 0 amide bonds. The summed E-state index contributed by atoms with van der Waals surface area (Å²) >= 11 is 5.07. The van der Waals surface area contributed by atoms with Gasteiger partial charge in [-0.1, -0.05) is 0 Å². The summed E-state index contributed by atoms with van der Waals surface area (Å²) in [5.41, 5.74) is 2.92. The van der Waals surface area contributed by atoms with E-state index in [-0.39, 0.29) is 0 Å². The summed E-state index contributed by atoms with van der Waals surface area (Å²) in [7, 11) is 3.26. The molecule has 0 saturated carbocycles. The summed E-state index contributed by atoms with van der Waals surface area (Å²) in [5.74, 6) is 1.50. The van der Waals surface area contributed by atoms with Crippen LogP contribution < -0.4 is 9.47 Å². The van der Waals surface area contributed by atoms with Crippen LogP contribution in [0, 0.1) is 11.7 Å². The van der Waals surface area contributed by atoms with E-state index in [1.165, 1.54) is 0 Å². The lowest BCUT2D eigenvalue weighted by Crippen LogP contribution is -1.89. The molecule has 0 atom stereocenters. The topological polar surface area (TPSA) is 50.0 Å². The third-order valence-electron chi connectivity index (χ3n) is 2.55. The van der Waals surface area contributed by atoms with Crippen LogP contribution in [-0.4, -0.2) is 24.2 Å². The van der Waals surface area contributed by atoms with E-state index in [4.69, 9.17) is 21.7 Å². The lowest BCUT2D eigenvalue weighted by molar-refractivity contribution is 0.394. The van der Waals surface area contributed by atoms with Crippen LogP contribution in [0.5, 0.6) is 11.5 Å². The Kier molecular flexibility index (Phi) is 3.19. The molecule has 1 aromatic heterocycles. The van der Waals surface area contributed by atoms with Gasteiger partial charge in [0.25, 0.3) is 0 Å². The number of H-pyrrole nitrogens is 2. The van der Waals surface area contributed by atoms with Crippen LogP contribution in [-0.2, 0) is 0 Å². The lowest BCUT2D eigenvalue weighted by Gasteiger charge is -2.07. The van der Waals surface area contributed by atoms with Crippen molar-refractivity contribution in [3.63, 3.8) is 0 Å². The van der Waals surface area contributed by atoms with Crippen LogP contribution in [0.25, 0.3) is 11.3 Å². The van der Waals surface area contributed by atoms with E-state index in [1.807, 2.05) is 25.1 Å². The standard InChI is InChI=1S/C12H14N2O2S/c1-7-11(14-12(17)13-7)8-4-9(15-2)6-10(5-8)16-3/h4-6H,1-3H3,(H2,13,14,17). The van der Waals surface area contributed by atoms with Crippen molar-refractivity contribution in [3.8, 4) is 22.8 Å². The predicted octanol–water partition coefficient (Wildman–Crippen LogP) is 3.06. The molecular weight excluding hydrogens is 236 g/mol. The molecule has 0 bridgehead atoms. The highest BCUT2D eigenvalue weighted by atomic mass is 32.1. The molecule has 0 spiro atoms. The maximum absolute atomic E-state index is 5.24. The molecule has 0 aliphatic carbocycles. The smallest absolute Gasteiger partial charge is 0.175 e. The Hall–Kier alpha value is -1.75. The van der Waals surface area contributed by atoms with Gasteiger partial charge in [-0.05, 0) is 31.3 Å². The molecule has 0 aliphatic rings. The molecule has 1 aromatic carbocycles. The molecule has 2 rings (SSSR count). The number of imidazole rings is 1. The normalized spacial score (nSPS) is 10.3. The van der Waals surface area contributed by atoms with Gasteiger partial charge in [0, 0.05) is 17.3 Å². The van der Waals surface area contributed by atoms with Gasteiger partial charge in [-0.3, -0.25) is 0 Å². The van der Waals surface area contributed by atoms with E-state index in [2.05, 4.69) is 9.97 Å². The average Bonchev–Trinajstić information content (AvgIpc) is 2.67. The van der Waals surface area contributed by atoms with Crippen LogP contribution in [0.1, 0.15) is 5.69 Å². The van der Waals surface area contributed by atoms with Gasteiger partial charge >= 0.3 is 0 Å². The maximum atomic E-state index is 5.24. The zero-order chi connectivity index (χ0) is 12.4. The summed E-state index contributed by atoms with van der Waals surface area (Å²) < 4.78 is 11.1. The number of methoxy groups -OCH3 is 2. The van der Waals surface area contributed by atoms with Gasteiger partial charge in [0.05, 0.1) is 19.9 Å². The first kappa shape index (κ1) is 11.7. The number of aromatic nitrogens is 2. The van der Waals surface area contributed by atoms with Crippen molar-refractivity contribution in [2.75, 3.05) is 14.2 Å². The fourth-order valence-corrected chi connectivity index (χ4v) is 1.97. The van der Waals surface area contributed by atoms with Crippen LogP contribution in [0.4, 0.5) is 0 Å². The molecule has 0 saturated heterocycles. The molecular formula is C12H14N2O2S. The van der Waals surface area contributed by atoms with Crippen molar-refractivity contribution in [2.45, 2.75) is 6.92 Å². The Morgan fingerprint density at radius 2 is 1.59 bits per heavy atom. The van der Waals surface area contributed by atoms with Crippen LogP contribution >= 0.6 is 12.2 Å².